The molecule has 0 bridgehead atoms. The Labute approximate surface area is 127 Å². The van der Waals surface area contributed by atoms with Gasteiger partial charge in [0.05, 0.1) is 6.61 Å². The third-order valence-corrected chi connectivity index (χ3v) is 3.18. The summed E-state index contributed by atoms with van der Waals surface area (Å²) in [6.45, 7) is 0.641. The number of hydrogen-bond donors (Lipinski definition) is 1. The van der Waals surface area contributed by atoms with Crippen LogP contribution in [0.25, 0.3) is 0 Å². The maximum atomic E-state index is 13.1. The average molecular weight is 305 g/mol. The van der Waals surface area contributed by atoms with Crippen molar-refractivity contribution in [2.45, 2.75) is 13.0 Å². The monoisotopic (exact) mass is 305 g/mol. The summed E-state index contributed by atoms with van der Waals surface area (Å²) in [5.41, 5.74) is 1.83. The van der Waals surface area contributed by atoms with Gasteiger partial charge in [0, 0.05) is 25.3 Å². The highest BCUT2D eigenvalue weighted by Crippen LogP contribution is 2.11. The molecule has 0 radical (unpaired) electrons. The van der Waals surface area contributed by atoms with Crippen LogP contribution in [-0.2, 0) is 17.8 Å². The Bertz CT molecular complexity index is 639. The molecule has 0 aliphatic carbocycles. The standard InChI is InChI=1S/C17H17F2NO2/c1-22-11-13-4-2-3-5-16(13)17(21)20-7-6-12-8-14(18)10-15(19)9-12/h2-5,8-10H,6-7,11H2,1H3,(H,20,21). The third kappa shape index (κ3) is 4.36. The maximum absolute atomic E-state index is 13.1. The van der Waals surface area contributed by atoms with Crippen molar-refractivity contribution in [1.82, 2.24) is 5.32 Å². The number of nitrogens with one attached hydrogen (secondary N) is 1. The van der Waals surface area contributed by atoms with Crippen LogP contribution >= 0.6 is 0 Å². The number of benzene rings is 2. The highest BCUT2D eigenvalue weighted by Gasteiger charge is 2.10. The number of carbonyl (C=O) groups excluding carboxylic acids is 1. The zero-order valence-corrected chi connectivity index (χ0v) is 12.2. The minimum Gasteiger partial charge on any atom is -0.380 e. The van der Waals surface area contributed by atoms with Crippen LogP contribution in [0.1, 0.15) is 21.5 Å². The van der Waals surface area contributed by atoms with E-state index in [1.165, 1.54) is 12.1 Å². The molecule has 0 aliphatic heterocycles. The minimum absolute atomic E-state index is 0.232. The highest BCUT2D eigenvalue weighted by atomic mass is 19.1. The molecule has 1 amide bonds. The van der Waals surface area contributed by atoms with Crippen LogP contribution in [0, 0.1) is 11.6 Å². The zero-order chi connectivity index (χ0) is 15.9. The van der Waals surface area contributed by atoms with Gasteiger partial charge in [-0.15, -0.1) is 0 Å². The number of carbonyl (C=O) groups is 1. The first-order chi connectivity index (χ1) is 10.6. The zero-order valence-electron chi connectivity index (χ0n) is 12.2. The minimum atomic E-state index is -0.619. The molecule has 2 rings (SSSR count). The lowest BCUT2D eigenvalue weighted by atomic mass is 10.1. The summed E-state index contributed by atoms with van der Waals surface area (Å²) in [7, 11) is 1.56. The molecule has 1 N–H and O–H groups in total. The molecule has 5 heteroatoms. The number of halogens is 2. The number of amides is 1. The topological polar surface area (TPSA) is 38.3 Å². The molecule has 0 unspecified atom stereocenters. The average Bonchev–Trinajstić information content (AvgIpc) is 2.47. The first-order valence-electron chi connectivity index (χ1n) is 6.90. The van der Waals surface area contributed by atoms with Crippen LogP contribution in [0.4, 0.5) is 8.78 Å². The van der Waals surface area contributed by atoms with Crippen LogP contribution in [0.3, 0.4) is 0 Å². The summed E-state index contributed by atoms with van der Waals surface area (Å²) in [5, 5.41) is 2.75. The van der Waals surface area contributed by atoms with Crippen molar-refractivity contribution in [2.24, 2.45) is 0 Å². The van der Waals surface area contributed by atoms with E-state index in [1.54, 1.807) is 19.2 Å². The Kier molecular flexibility index (Phi) is 5.61. The molecule has 0 aromatic heterocycles. The van der Waals surface area contributed by atoms with Crippen LogP contribution in [-0.4, -0.2) is 19.6 Å². The van der Waals surface area contributed by atoms with Gasteiger partial charge in [0.2, 0.25) is 0 Å². The van der Waals surface area contributed by atoms with Crippen molar-refractivity contribution in [3.8, 4) is 0 Å². The van der Waals surface area contributed by atoms with E-state index in [0.717, 1.165) is 11.6 Å². The molecule has 22 heavy (non-hydrogen) atoms. The number of hydrogen-bond acceptors (Lipinski definition) is 2. The molecule has 0 spiro atoms. The van der Waals surface area contributed by atoms with E-state index < -0.39 is 11.6 Å². The summed E-state index contributed by atoms with van der Waals surface area (Å²) in [6.07, 6.45) is 0.354. The quantitative estimate of drug-likeness (QED) is 0.890. The van der Waals surface area contributed by atoms with Crippen LogP contribution in [0.15, 0.2) is 42.5 Å². The van der Waals surface area contributed by atoms with Crippen LogP contribution in [0.2, 0.25) is 0 Å². The molecule has 2 aromatic carbocycles. The lowest BCUT2D eigenvalue weighted by molar-refractivity contribution is 0.0949. The Hall–Kier alpha value is -2.27. The lowest BCUT2D eigenvalue weighted by Crippen LogP contribution is -2.26. The van der Waals surface area contributed by atoms with Crippen LogP contribution < -0.4 is 5.32 Å². The fourth-order valence-electron chi connectivity index (χ4n) is 2.19. The first-order valence-corrected chi connectivity index (χ1v) is 6.90. The number of methoxy groups -OCH3 is 1. The van der Waals surface area contributed by atoms with E-state index in [0.29, 0.717) is 30.7 Å². The molecule has 0 saturated heterocycles. The van der Waals surface area contributed by atoms with E-state index in [4.69, 9.17) is 4.74 Å². The van der Waals surface area contributed by atoms with Crippen molar-refractivity contribution in [1.29, 1.82) is 0 Å². The summed E-state index contributed by atoms with van der Waals surface area (Å²) >= 11 is 0. The highest BCUT2D eigenvalue weighted by molar-refractivity contribution is 5.95. The van der Waals surface area contributed by atoms with Crippen molar-refractivity contribution >= 4 is 5.91 Å². The van der Waals surface area contributed by atoms with Crippen molar-refractivity contribution in [3.05, 3.63) is 70.8 Å². The number of ether oxygens (including phenoxy) is 1. The van der Waals surface area contributed by atoms with Crippen molar-refractivity contribution < 1.29 is 18.3 Å². The predicted molar refractivity (Wildman–Crippen MR) is 79.6 cm³/mol. The molecular formula is C17H17F2NO2. The molecule has 2 aromatic rings. The predicted octanol–water partition coefficient (Wildman–Crippen LogP) is 3.08. The van der Waals surface area contributed by atoms with Gasteiger partial charge >= 0.3 is 0 Å². The molecule has 0 aliphatic rings. The van der Waals surface area contributed by atoms with E-state index in [2.05, 4.69) is 5.32 Å². The number of rotatable bonds is 6. The van der Waals surface area contributed by atoms with Crippen molar-refractivity contribution in [3.63, 3.8) is 0 Å². The molecule has 0 fully saturated rings. The first kappa shape index (κ1) is 16.1. The van der Waals surface area contributed by atoms with E-state index in [9.17, 15) is 13.6 Å². The van der Waals surface area contributed by atoms with E-state index in [-0.39, 0.29) is 5.91 Å². The second-order valence-corrected chi connectivity index (χ2v) is 4.87. The molecule has 0 heterocycles. The van der Waals surface area contributed by atoms with E-state index in [1.807, 2.05) is 12.1 Å². The third-order valence-electron chi connectivity index (χ3n) is 3.18. The van der Waals surface area contributed by atoms with E-state index >= 15 is 0 Å². The summed E-state index contributed by atoms with van der Waals surface area (Å²) in [6, 6.07) is 10.5. The SMILES string of the molecule is COCc1ccccc1C(=O)NCCc1cc(F)cc(F)c1. The lowest BCUT2D eigenvalue weighted by Gasteiger charge is -2.09. The van der Waals surface area contributed by atoms with Crippen LogP contribution in [0.5, 0.6) is 0 Å². The second-order valence-electron chi connectivity index (χ2n) is 4.87. The van der Waals surface area contributed by atoms with Gasteiger partial charge in [-0.1, -0.05) is 18.2 Å². The normalized spacial score (nSPS) is 10.5. The Morgan fingerprint density at radius 2 is 1.82 bits per heavy atom. The fraction of sp³-hybridized carbons (Fsp3) is 0.235. The van der Waals surface area contributed by atoms with Gasteiger partial charge in [-0.2, -0.15) is 0 Å². The maximum Gasteiger partial charge on any atom is 0.251 e. The summed E-state index contributed by atoms with van der Waals surface area (Å²) < 4.78 is 31.2. The van der Waals surface area contributed by atoms with Gasteiger partial charge < -0.3 is 10.1 Å². The summed E-state index contributed by atoms with van der Waals surface area (Å²) in [5.74, 6) is -1.47. The van der Waals surface area contributed by atoms with Gasteiger partial charge in [0.25, 0.3) is 5.91 Å². The fourth-order valence-corrected chi connectivity index (χ4v) is 2.19. The Balaban J connectivity index is 1.95. The smallest absolute Gasteiger partial charge is 0.251 e. The van der Waals surface area contributed by atoms with Gasteiger partial charge in [0.1, 0.15) is 11.6 Å². The van der Waals surface area contributed by atoms with Crippen molar-refractivity contribution in [2.75, 3.05) is 13.7 Å². The van der Waals surface area contributed by atoms with Gasteiger partial charge in [-0.3, -0.25) is 4.79 Å². The molecule has 3 nitrogen and oxygen atoms in total. The van der Waals surface area contributed by atoms with Gasteiger partial charge in [-0.25, -0.2) is 8.78 Å². The second kappa shape index (κ2) is 7.66. The Morgan fingerprint density at radius 3 is 2.50 bits per heavy atom. The Morgan fingerprint density at radius 1 is 1.14 bits per heavy atom. The largest absolute Gasteiger partial charge is 0.380 e. The van der Waals surface area contributed by atoms with Gasteiger partial charge in [-0.05, 0) is 35.7 Å². The molecule has 0 atom stereocenters. The summed E-state index contributed by atoms with van der Waals surface area (Å²) in [4.78, 5) is 12.1. The molecule has 116 valence electrons. The molecular weight excluding hydrogens is 288 g/mol. The molecule has 0 saturated carbocycles. The van der Waals surface area contributed by atoms with Gasteiger partial charge in [0.15, 0.2) is 0 Å².